The van der Waals surface area contributed by atoms with Gasteiger partial charge in [-0.3, -0.25) is 9.59 Å². The van der Waals surface area contributed by atoms with Crippen LogP contribution in [0.3, 0.4) is 0 Å². The van der Waals surface area contributed by atoms with E-state index in [2.05, 4.69) is 31.3 Å². The van der Waals surface area contributed by atoms with Crippen molar-refractivity contribution in [2.45, 2.75) is 276 Å². The Hall–Kier alpha value is -1.66. The number of carbonyl (C=O) groups excluding carboxylic acids is 2. The average molecular weight is 804 g/mol. The van der Waals surface area contributed by atoms with Gasteiger partial charge < -0.3 is 20.3 Å². The second-order valence-corrected chi connectivity index (χ2v) is 17.1. The van der Waals surface area contributed by atoms with E-state index in [4.69, 9.17) is 4.74 Å². The molecule has 0 spiro atoms. The van der Waals surface area contributed by atoms with Crippen molar-refractivity contribution in [2.24, 2.45) is 0 Å². The van der Waals surface area contributed by atoms with Crippen molar-refractivity contribution in [2.75, 3.05) is 13.2 Å². The third-order valence-electron chi connectivity index (χ3n) is 11.5. The second-order valence-electron chi connectivity index (χ2n) is 17.1. The lowest BCUT2D eigenvalue weighted by Crippen LogP contribution is -2.45. The summed E-state index contributed by atoms with van der Waals surface area (Å²) < 4.78 is 5.46. The quantitative estimate of drug-likeness (QED) is 0.0324. The maximum Gasteiger partial charge on any atom is 0.305 e. The number of allylic oxidation sites excluding steroid dienone is 3. The molecule has 3 N–H and O–H groups in total. The Kier molecular flexibility index (Phi) is 45.7. The number of amides is 1. The first kappa shape index (κ1) is 55.3. The molecule has 336 valence electrons. The fraction of sp³-hybridized carbons (Fsp3) is 0.882. The smallest absolute Gasteiger partial charge is 0.305 e. The topological polar surface area (TPSA) is 95.9 Å². The van der Waals surface area contributed by atoms with Crippen molar-refractivity contribution in [3.8, 4) is 0 Å². The molecule has 0 saturated heterocycles. The number of aliphatic hydroxyl groups excluding tert-OH is 2. The number of aliphatic hydroxyl groups is 2. The van der Waals surface area contributed by atoms with Gasteiger partial charge in [-0.1, -0.05) is 218 Å². The number of esters is 1. The summed E-state index contributed by atoms with van der Waals surface area (Å²) in [6.45, 7) is 4.83. The van der Waals surface area contributed by atoms with Crippen LogP contribution in [0.2, 0.25) is 0 Å². The number of rotatable bonds is 46. The minimum atomic E-state index is -0.858. The molecule has 6 heteroatoms. The van der Waals surface area contributed by atoms with Crippen molar-refractivity contribution in [3.63, 3.8) is 0 Å². The first-order valence-electron chi connectivity index (χ1n) is 25.1. The summed E-state index contributed by atoms with van der Waals surface area (Å²) in [5.41, 5.74) is 0. The molecule has 0 aromatic heterocycles. The number of nitrogens with one attached hydrogen (secondary N) is 1. The Bertz CT molecular complexity index is 889. The van der Waals surface area contributed by atoms with Crippen molar-refractivity contribution >= 4 is 11.9 Å². The van der Waals surface area contributed by atoms with E-state index in [0.29, 0.717) is 19.4 Å². The lowest BCUT2D eigenvalue weighted by atomic mass is 10.0. The zero-order valence-electron chi connectivity index (χ0n) is 38.1. The van der Waals surface area contributed by atoms with Gasteiger partial charge in [0.1, 0.15) is 0 Å². The van der Waals surface area contributed by atoms with Crippen LogP contribution < -0.4 is 5.32 Å². The van der Waals surface area contributed by atoms with E-state index in [1.165, 1.54) is 167 Å². The van der Waals surface area contributed by atoms with Crippen LogP contribution in [0.15, 0.2) is 24.3 Å². The molecule has 2 unspecified atom stereocenters. The molecule has 0 fully saturated rings. The summed E-state index contributed by atoms with van der Waals surface area (Å²) in [5, 5.41) is 22.8. The normalized spacial score (nSPS) is 12.8. The van der Waals surface area contributed by atoms with E-state index in [1.54, 1.807) is 6.08 Å². The summed E-state index contributed by atoms with van der Waals surface area (Å²) in [5.74, 6) is -0.111. The molecule has 0 aliphatic carbocycles. The summed E-state index contributed by atoms with van der Waals surface area (Å²) in [6.07, 6.45) is 54.7. The molecular formula is C51H97NO5. The van der Waals surface area contributed by atoms with Crippen LogP contribution >= 0.6 is 0 Å². The van der Waals surface area contributed by atoms with Gasteiger partial charge in [0.15, 0.2) is 0 Å². The molecule has 2 atom stereocenters. The number of unbranched alkanes of at least 4 members (excludes halogenated alkanes) is 33. The maximum atomic E-state index is 12.3. The molecule has 57 heavy (non-hydrogen) atoms. The van der Waals surface area contributed by atoms with Gasteiger partial charge in [0.25, 0.3) is 0 Å². The second kappa shape index (κ2) is 47.0. The Labute approximate surface area is 354 Å². The monoisotopic (exact) mass is 804 g/mol. The van der Waals surface area contributed by atoms with E-state index >= 15 is 0 Å². The predicted octanol–water partition coefficient (Wildman–Crippen LogP) is 14.7. The van der Waals surface area contributed by atoms with Crippen molar-refractivity contribution in [3.05, 3.63) is 24.3 Å². The van der Waals surface area contributed by atoms with Crippen LogP contribution in [0.25, 0.3) is 0 Å². The molecule has 0 aromatic rings. The van der Waals surface area contributed by atoms with Gasteiger partial charge in [0.05, 0.1) is 25.4 Å². The average Bonchev–Trinajstić information content (AvgIpc) is 3.21. The lowest BCUT2D eigenvalue weighted by Gasteiger charge is -2.19. The highest BCUT2D eigenvalue weighted by Gasteiger charge is 2.18. The van der Waals surface area contributed by atoms with Gasteiger partial charge in [0.2, 0.25) is 5.91 Å². The van der Waals surface area contributed by atoms with Gasteiger partial charge in [-0.05, 0) is 57.8 Å². The Balaban J connectivity index is 3.46. The first-order valence-corrected chi connectivity index (χ1v) is 25.1. The first-order chi connectivity index (χ1) is 28.0. The van der Waals surface area contributed by atoms with Gasteiger partial charge >= 0.3 is 5.97 Å². The SMILES string of the molecule is CCCCCCCCC/C=C/C(O)C(CO)NC(=O)CCCCC/C=C\CCCCCCCCOC(=O)CCCCCCCCCCCCCCCCCCCC. The molecule has 0 aromatic carbocycles. The zero-order chi connectivity index (χ0) is 41.5. The van der Waals surface area contributed by atoms with Crippen LogP contribution in [0.1, 0.15) is 264 Å². The zero-order valence-corrected chi connectivity index (χ0v) is 38.1. The molecule has 1 amide bonds. The molecular weight excluding hydrogens is 707 g/mol. The van der Waals surface area contributed by atoms with Gasteiger partial charge in [-0.25, -0.2) is 0 Å². The molecule has 0 radical (unpaired) electrons. The van der Waals surface area contributed by atoms with Crippen LogP contribution in [-0.2, 0) is 14.3 Å². The highest BCUT2D eigenvalue weighted by atomic mass is 16.5. The number of ether oxygens (including phenoxy) is 1. The third-order valence-corrected chi connectivity index (χ3v) is 11.5. The molecule has 0 heterocycles. The van der Waals surface area contributed by atoms with Crippen LogP contribution in [0.4, 0.5) is 0 Å². The molecule has 0 aliphatic rings. The summed E-state index contributed by atoms with van der Waals surface area (Å²) >= 11 is 0. The predicted molar refractivity (Wildman–Crippen MR) is 246 cm³/mol. The summed E-state index contributed by atoms with van der Waals surface area (Å²) in [7, 11) is 0. The fourth-order valence-corrected chi connectivity index (χ4v) is 7.57. The van der Waals surface area contributed by atoms with E-state index in [9.17, 15) is 19.8 Å². The molecule has 0 bridgehead atoms. The van der Waals surface area contributed by atoms with Crippen molar-refractivity contribution in [1.82, 2.24) is 5.32 Å². The molecule has 6 nitrogen and oxygen atoms in total. The lowest BCUT2D eigenvalue weighted by molar-refractivity contribution is -0.143. The van der Waals surface area contributed by atoms with E-state index in [0.717, 1.165) is 70.6 Å². The maximum absolute atomic E-state index is 12.3. The standard InChI is InChI=1S/C51H97NO5/c1-3-5-7-9-11-13-14-15-16-17-18-19-22-25-29-33-37-41-45-51(56)57-46-42-38-34-30-26-23-20-21-24-28-32-36-40-44-50(55)52-48(47-53)49(54)43-39-35-31-27-12-10-8-6-4-2/h21,24,39,43,48-49,53-54H,3-20,22-23,25-38,40-42,44-47H2,1-2H3,(H,52,55)/b24-21-,43-39+. The van der Waals surface area contributed by atoms with E-state index in [-0.39, 0.29) is 18.5 Å². The number of carbonyl (C=O) groups is 2. The third kappa shape index (κ3) is 43.7. The molecule has 0 saturated carbocycles. The van der Waals surface area contributed by atoms with E-state index in [1.807, 2.05) is 6.08 Å². The van der Waals surface area contributed by atoms with Crippen LogP contribution in [0.5, 0.6) is 0 Å². The van der Waals surface area contributed by atoms with Crippen molar-refractivity contribution in [1.29, 1.82) is 0 Å². The Morgan fingerprint density at radius 2 is 0.825 bits per heavy atom. The Morgan fingerprint density at radius 3 is 1.26 bits per heavy atom. The number of hydrogen-bond donors (Lipinski definition) is 3. The Morgan fingerprint density at radius 1 is 0.474 bits per heavy atom. The van der Waals surface area contributed by atoms with Crippen LogP contribution in [0, 0.1) is 0 Å². The molecule has 0 rings (SSSR count). The largest absolute Gasteiger partial charge is 0.466 e. The van der Waals surface area contributed by atoms with Gasteiger partial charge in [-0.2, -0.15) is 0 Å². The summed E-state index contributed by atoms with van der Waals surface area (Å²) in [4.78, 5) is 24.4. The highest BCUT2D eigenvalue weighted by molar-refractivity contribution is 5.76. The highest BCUT2D eigenvalue weighted by Crippen LogP contribution is 2.16. The minimum Gasteiger partial charge on any atom is -0.466 e. The summed E-state index contributed by atoms with van der Waals surface area (Å²) in [6, 6.07) is -0.645. The van der Waals surface area contributed by atoms with Gasteiger partial charge in [0, 0.05) is 12.8 Å². The fourth-order valence-electron chi connectivity index (χ4n) is 7.57. The van der Waals surface area contributed by atoms with Gasteiger partial charge in [-0.15, -0.1) is 0 Å². The van der Waals surface area contributed by atoms with Crippen LogP contribution in [-0.4, -0.2) is 47.4 Å². The van der Waals surface area contributed by atoms with Crippen molar-refractivity contribution < 1.29 is 24.5 Å². The minimum absolute atomic E-state index is 0.0106. The van der Waals surface area contributed by atoms with E-state index < -0.39 is 12.1 Å². The number of hydrogen-bond acceptors (Lipinski definition) is 5. The molecule has 0 aliphatic heterocycles.